The largest absolute Gasteiger partial charge is 0.446 e. The molecule has 1 fully saturated rings. The summed E-state index contributed by atoms with van der Waals surface area (Å²) in [6.45, 7) is -2.44. The molecule has 9 heavy (non-hydrogen) atoms. The summed E-state index contributed by atoms with van der Waals surface area (Å²) in [7, 11) is 0. The third-order valence-corrected chi connectivity index (χ3v) is 1.43. The summed E-state index contributed by atoms with van der Waals surface area (Å²) in [6, 6.07) is 0. The molecule has 52 valence electrons. The van der Waals surface area contributed by atoms with E-state index < -0.39 is 13.1 Å². The fourth-order valence-electron chi connectivity index (χ4n) is 0.669. The molecule has 0 heterocycles. The Hall–Kier alpha value is -0.730. The highest BCUT2D eigenvalue weighted by Gasteiger charge is 2.20. The Morgan fingerprint density at radius 1 is 1.89 bits per heavy atom. The lowest BCUT2D eigenvalue weighted by Gasteiger charge is -2.24. The second-order valence-corrected chi connectivity index (χ2v) is 2.08. The van der Waals surface area contributed by atoms with E-state index in [9.17, 15) is 4.79 Å². The quantitative estimate of drug-likeness (QED) is 0.575. The Bertz CT molecular complexity index is 176. The van der Waals surface area contributed by atoms with Crippen LogP contribution in [0.2, 0.25) is 0 Å². The molecule has 0 aromatic heterocycles. The van der Waals surface area contributed by atoms with Crippen LogP contribution in [-0.2, 0) is 4.74 Å². The molecule has 3 heteroatoms. The number of hydrogen-bond donors (Lipinski definition) is 1. The zero-order chi connectivity index (χ0) is 9.19. The van der Waals surface area contributed by atoms with Crippen LogP contribution in [0.15, 0.2) is 0 Å². The van der Waals surface area contributed by atoms with Gasteiger partial charge in [-0.2, -0.15) is 0 Å². The zero-order valence-corrected chi connectivity index (χ0v) is 5.02. The first-order chi connectivity index (χ1) is 5.47. The van der Waals surface area contributed by atoms with Gasteiger partial charge in [-0.05, 0) is 19.3 Å². The highest BCUT2D eigenvalue weighted by molar-refractivity contribution is 5.66. The molecule has 0 atom stereocenters. The molecule has 3 nitrogen and oxygen atoms in total. The molecule has 1 aliphatic rings. The van der Waals surface area contributed by atoms with Gasteiger partial charge in [0.15, 0.2) is 0 Å². The zero-order valence-electron chi connectivity index (χ0n) is 8.02. The number of alkyl carbamates (subject to hydrolysis) is 1. The molecule has 0 spiro atoms. The van der Waals surface area contributed by atoms with Gasteiger partial charge in [0.25, 0.3) is 0 Å². The van der Waals surface area contributed by atoms with Crippen LogP contribution in [0.25, 0.3) is 0 Å². The molecule has 0 bridgehead atoms. The van der Waals surface area contributed by atoms with Crippen LogP contribution in [0.5, 0.6) is 0 Å². The highest BCUT2D eigenvalue weighted by Crippen LogP contribution is 2.21. The van der Waals surface area contributed by atoms with Crippen molar-refractivity contribution in [2.24, 2.45) is 0 Å². The van der Waals surface area contributed by atoms with Crippen molar-refractivity contribution < 1.29 is 13.6 Å². The summed E-state index contributed by atoms with van der Waals surface area (Å²) in [6.07, 6.45) is 1.81. The van der Waals surface area contributed by atoms with Crippen LogP contribution in [0, 0.1) is 0 Å². The summed E-state index contributed by atoms with van der Waals surface area (Å²) < 4.78 is 24.9. The summed E-state index contributed by atoms with van der Waals surface area (Å²) >= 11 is 0. The molecule has 1 rings (SSSR count). The smallest absolute Gasteiger partial charge is 0.407 e. The topological polar surface area (TPSA) is 38.3 Å². The average molecular weight is 132 g/mol. The number of hydrogen-bond acceptors (Lipinski definition) is 2. The monoisotopic (exact) mass is 132 g/mol. The minimum absolute atomic E-state index is 0.0765. The molecule has 0 saturated heterocycles. The lowest BCUT2D eigenvalue weighted by Crippen LogP contribution is -2.30. The van der Waals surface area contributed by atoms with Crippen LogP contribution in [0.1, 0.15) is 23.4 Å². The van der Waals surface area contributed by atoms with E-state index in [0.29, 0.717) is 0 Å². The van der Waals surface area contributed by atoms with E-state index >= 15 is 0 Å². The van der Waals surface area contributed by atoms with Gasteiger partial charge in [-0.1, -0.05) is 0 Å². The van der Waals surface area contributed by atoms with E-state index in [-0.39, 0.29) is 6.10 Å². The van der Waals surface area contributed by atoms with E-state index in [1.54, 1.807) is 5.32 Å². The van der Waals surface area contributed by atoms with E-state index in [4.69, 9.17) is 8.85 Å². The van der Waals surface area contributed by atoms with Gasteiger partial charge in [-0.3, -0.25) is 0 Å². The van der Waals surface area contributed by atoms with E-state index in [2.05, 4.69) is 0 Å². The third-order valence-electron chi connectivity index (χ3n) is 1.43. The molecule has 0 unspecified atom stereocenters. The maximum absolute atomic E-state index is 10.8. The van der Waals surface area contributed by atoms with Crippen molar-refractivity contribution >= 4 is 6.09 Å². The number of rotatable bonds is 1. The lowest BCUT2D eigenvalue weighted by molar-refractivity contribution is 0.0538. The second-order valence-electron chi connectivity index (χ2n) is 2.08. The Morgan fingerprint density at radius 3 is 3.11 bits per heavy atom. The minimum atomic E-state index is -2.44. The molecule has 1 N–H and O–H groups in total. The molecule has 1 saturated carbocycles. The predicted octanol–water partition coefficient (Wildman–Crippen LogP) is 0.895. The van der Waals surface area contributed by atoms with Crippen molar-refractivity contribution in [3.05, 3.63) is 0 Å². The van der Waals surface area contributed by atoms with Crippen molar-refractivity contribution in [2.45, 2.75) is 25.4 Å². The second kappa shape index (κ2) is 2.71. The first kappa shape index (κ1) is 3.44. The van der Waals surface area contributed by atoms with Gasteiger partial charge in [-0.15, -0.1) is 0 Å². The Balaban J connectivity index is 2.19. The van der Waals surface area contributed by atoms with Crippen LogP contribution in [0.3, 0.4) is 0 Å². The molecular formula is C6H11NO2. The summed E-state index contributed by atoms with van der Waals surface area (Å²) in [5, 5.41) is 1.76. The highest BCUT2D eigenvalue weighted by atomic mass is 16.6. The van der Waals surface area contributed by atoms with E-state index in [0.717, 1.165) is 19.3 Å². The minimum Gasteiger partial charge on any atom is -0.446 e. The first-order valence-electron chi connectivity index (χ1n) is 4.46. The van der Waals surface area contributed by atoms with Gasteiger partial charge >= 0.3 is 6.09 Å². The summed E-state index contributed by atoms with van der Waals surface area (Å²) in [5.41, 5.74) is 0. The molecule has 0 radical (unpaired) electrons. The fraction of sp³-hybridized carbons (Fsp3) is 0.833. The van der Waals surface area contributed by atoms with Gasteiger partial charge in [0, 0.05) is 11.1 Å². The molecule has 1 amide bonds. The number of amides is 1. The van der Waals surface area contributed by atoms with Gasteiger partial charge in [0.1, 0.15) is 6.10 Å². The first-order valence-corrected chi connectivity index (χ1v) is 2.96. The summed E-state index contributed by atoms with van der Waals surface area (Å²) in [5.74, 6) is 0. The Morgan fingerprint density at radius 2 is 2.67 bits per heavy atom. The van der Waals surface area contributed by atoms with Crippen molar-refractivity contribution in [3.8, 4) is 0 Å². The normalized spacial score (nSPS) is 24.7. The van der Waals surface area contributed by atoms with Crippen LogP contribution >= 0.6 is 0 Å². The molecule has 0 aromatic carbocycles. The maximum atomic E-state index is 10.8. The van der Waals surface area contributed by atoms with Crippen LogP contribution in [-0.4, -0.2) is 19.2 Å². The van der Waals surface area contributed by atoms with E-state index in [1.165, 1.54) is 0 Å². The lowest BCUT2D eigenvalue weighted by atomic mass is 9.96. The van der Waals surface area contributed by atoms with Crippen LogP contribution < -0.4 is 5.32 Å². The maximum Gasteiger partial charge on any atom is 0.407 e. The predicted molar refractivity (Wildman–Crippen MR) is 33.2 cm³/mol. The standard InChI is InChI=1S/C6H11NO2/c1-7-6(8)9-5-3-2-4-5/h5H,2-4H2,1H3,(H,7,8)/i1D3. The van der Waals surface area contributed by atoms with Gasteiger partial charge in [-0.25, -0.2) is 4.79 Å². The number of ether oxygens (including phenoxy) is 1. The number of carbonyl (C=O) groups is 1. The van der Waals surface area contributed by atoms with Gasteiger partial charge in [0.2, 0.25) is 0 Å². The third kappa shape index (κ3) is 1.59. The molecule has 1 aliphatic carbocycles. The average Bonchev–Trinajstić information content (AvgIpc) is 1.74. The number of carbonyl (C=O) groups excluding carboxylic acids is 1. The number of nitrogens with one attached hydrogen (secondary N) is 1. The van der Waals surface area contributed by atoms with Crippen molar-refractivity contribution in [2.75, 3.05) is 6.98 Å². The van der Waals surface area contributed by atoms with Gasteiger partial charge < -0.3 is 10.1 Å². The van der Waals surface area contributed by atoms with E-state index in [1.807, 2.05) is 0 Å². The SMILES string of the molecule is [2H]C([2H])([2H])NC(=O)OC1CCC1. The van der Waals surface area contributed by atoms with Crippen molar-refractivity contribution in [1.29, 1.82) is 0 Å². The summed E-state index contributed by atoms with van der Waals surface area (Å²) in [4.78, 5) is 10.8. The van der Waals surface area contributed by atoms with Crippen molar-refractivity contribution in [1.82, 2.24) is 5.32 Å². The fourth-order valence-corrected chi connectivity index (χ4v) is 0.669. The van der Waals surface area contributed by atoms with Gasteiger partial charge in [0.05, 0.1) is 0 Å². The molecular weight excluding hydrogens is 118 g/mol. The molecule has 0 aliphatic heterocycles. The van der Waals surface area contributed by atoms with Crippen LogP contribution in [0.4, 0.5) is 4.79 Å². The Kier molecular flexibility index (Phi) is 1.04. The molecule has 0 aromatic rings. The van der Waals surface area contributed by atoms with Crippen molar-refractivity contribution in [3.63, 3.8) is 0 Å². The Labute approximate surface area is 58.6 Å².